The highest BCUT2D eigenvalue weighted by Gasteiger charge is 2.13. The molecule has 0 aliphatic rings. The van der Waals surface area contributed by atoms with E-state index in [9.17, 15) is 0 Å². The Morgan fingerprint density at radius 3 is 2.58 bits per heavy atom. The highest BCUT2D eigenvalue weighted by atomic mass is 127. The highest BCUT2D eigenvalue weighted by Crippen LogP contribution is 2.30. The molecule has 6 nitrogen and oxygen atoms in total. The topological polar surface area (TPSA) is 51.0 Å². The number of benzene rings is 1. The maximum atomic E-state index is 5.48. The number of methoxy groups -OCH3 is 2. The lowest BCUT2D eigenvalue weighted by Crippen LogP contribution is -2.38. The summed E-state index contributed by atoms with van der Waals surface area (Å²) < 4.78 is 14.0. The first-order chi connectivity index (χ1) is 12.0. The molecule has 2 aromatic rings. The second-order valence-electron chi connectivity index (χ2n) is 5.67. The van der Waals surface area contributed by atoms with Crippen molar-refractivity contribution in [1.82, 2.24) is 14.8 Å². The van der Waals surface area contributed by atoms with Gasteiger partial charge >= 0.3 is 0 Å². The Labute approximate surface area is 180 Å². The molecule has 0 saturated carbocycles. The largest absolute Gasteiger partial charge is 0.493 e. The van der Waals surface area contributed by atoms with Gasteiger partial charge in [-0.2, -0.15) is 0 Å². The molecule has 1 aromatic heterocycles. The van der Waals surface area contributed by atoms with Crippen molar-refractivity contribution in [3.63, 3.8) is 0 Å². The fourth-order valence-corrected chi connectivity index (χ4v) is 3.26. The first kappa shape index (κ1) is 22.6. The Bertz CT molecular complexity index is 749. The lowest BCUT2D eigenvalue weighted by atomic mass is 10.2. The van der Waals surface area contributed by atoms with Crippen molar-refractivity contribution in [3.05, 3.63) is 46.2 Å². The quantitative estimate of drug-likeness (QED) is 0.348. The molecule has 8 heteroatoms. The van der Waals surface area contributed by atoms with Gasteiger partial charge in [-0.1, -0.05) is 12.1 Å². The summed E-state index contributed by atoms with van der Waals surface area (Å²) in [6.45, 7) is 1.34. The van der Waals surface area contributed by atoms with E-state index < -0.39 is 0 Å². The zero-order chi connectivity index (χ0) is 18.4. The summed E-state index contributed by atoms with van der Waals surface area (Å²) in [6.07, 6.45) is 2.04. The Kier molecular flexibility index (Phi) is 9.28. The maximum absolute atomic E-state index is 5.48. The van der Waals surface area contributed by atoms with E-state index in [0.29, 0.717) is 6.54 Å². The number of guanidine groups is 1. The van der Waals surface area contributed by atoms with Gasteiger partial charge in [0.05, 0.1) is 20.8 Å². The molecule has 26 heavy (non-hydrogen) atoms. The van der Waals surface area contributed by atoms with E-state index in [0.717, 1.165) is 34.0 Å². The molecule has 1 N–H and O–H groups in total. The van der Waals surface area contributed by atoms with Crippen molar-refractivity contribution >= 4 is 45.9 Å². The lowest BCUT2D eigenvalue weighted by Gasteiger charge is -2.23. The number of hydrogen-bond donors (Lipinski definition) is 1. The van der Waals surface area contributed by atoms with Crippen LogP contribution >= 0.6 is 39.9 Å². The van der Waals surface area contributed by atoms with Gasteiger partial charge < -0.3 is 24.3 Å². The normalized spacial score (nSPS) is 10.9. The number of ether oxygens (including phenoxy) is 2. The molecule has 0 bridgehead atoms. The van der Waals surface area contributed by atoms with Gasteiger partial charge in [-0.25, -0.2) is 0 Å². The number of halogens is 2. The average Bonchev–Trinajstić information content (AvgIpc) is 2.92. The van der Waals surface area contributed by atoms with Crippen LogP contribution in [-0.4, -0.2) is 43.7 Å². The van der Waals surface area contributed by atoms with Crippen molar-refractivity contribution in [2.45, 2.75) is 13.1 Å². The Hall–Kier alpha value is -1.42. The third-order valence-corrected chi connectivity index (χ3v) is 4.40. The number of aliphatic imine (C=N–C) groups is 1. The molecule has 0 radical (unpaired) electrons. The molecule has 144 valence electrons. The van der Waals surface area contributed by atoms with Crippen LogP contribution < -0.4 is 14.8 Å². The minimum atomic E-state index is 0. The smallest absolute Gasteiger partial charge is 0.194 e. The van der Waals surface area contributed by atoms with E-state index in [2.05, 4.69) is 41.8 Å². The molecule has 0 atom stereocenters. The minimum Gasteiger partial charge on any atom is -0.493 e. The number of aromatic nitrogens is 1. The van der Waals surface area contributed by atoms with Gasteiger partial charge in [0.25, 0.3) is 0 Å². The highest BCUT2D eigenvalue weighted by molar-refractivity contribution is 14.0. The molecule has 0 aliphatic heterocycles. The fourth-order valence-electron chi connectivity index (χ4n) is 2.69. The second-order valence-corrected chi connectivity index (χ2v) is 6.59. The summed E-state index contributed by atoms with van der Waals surface area (Å²) in [5.74, 6) is 2.27. The predicted octanol–water partition coefficient (Wildman–Crippen LogP) is 3.63. The van der Waals surface area contributed by atoms with Crippen molar-refractivity contribution in [2.24, 2.45) is 12.0 Å². The zero-order valence-corrected chi connectivity index (χ0v) is 19.7. The number of rotatable bonds is 6. The SMILES string of the molecule is CN=C(NCc1cccc(OC)c1OC)N(C)Cc1cc(Br)cn1C.I. The molecular weight excluding hydrogens is 511 g/mol. The first-order valence-corrected chi connectivity index (χ1v) is 8.71. The molecule has 0 fully saturated rings. The predicted molar refractivity (Wildman–Crippen MR) is 120 cm³/mol. The van der Waals surface area contributed by atoms with E-state index in [1.54, 1.807) is 21.3 Å². The molecule has 1 aromatic carbocycles. The van der Waals surface area contributed by atoms with E-state index in [1.165, 1.54) is 5.69 Å². The summed E-state index contributed by atoms with van der Waals surface area (Å²) in [5.41, 5.74) is 2.20. The number of para-hydroxylation sites is 1. The second kappa shape index (κ2) is 10.7. The van der Waals surface area contributed by atoms with Gasteiger partial charge in [0.2, 0.25) is 0 Å². The molecule has 0 amide bonds. The van der Waals surface area contributed by atoms with Crippen LogP contribution in [0, 0.1) is 0 Å². The summed E-state index contributed by atoms with van der Waals surface area (Å²) in [4.78, 5) is 6.45. The molecule has 2 rings (SSSR count). The van der Waals surface area contributed by atoms with Crippen molar-refractivity contribution in [2.75, 3.05) is 28.3 Å². The number of hydrogen-bond acceptors (Lipinski definition) is 3. The zero-order valence-electron chi connectivity index (χ0n) is 15.7. The summed E-state index contributed by atoms with van der Waals surface area (Å²) in [7, 11) is 9.11. The Morgan fingerprint density at radius 2 is 2.04 bits per heavy atom. The lowest BCUT2D eigenvalue weighted by molar-refractivity contribution is 0.351. The minimum absolute atomic E-state index is 0. The number of nitrogens with one attached hydrogen (secondary N) is 1. The standard InChI is InChI=1S/C18H25BrN4O2.HI/c1-20-18(23(3)12-15-9-14(19)11-22(15)2)21-10-13-7-6-8-16(24-4)17(13)25-5;/h6-9,11H,10,12H2,1-5H3,(H,20,21);1H. The number of aryl methyl sites for hydroxylation is 1. The van der Waals surface area contributed by atoms with Crippen LogP contribution in [0.5, 0.6) is 11.5 Å². The maximum Gasteiger partial charge on any atom is 0.194 e. The van der Waals surface area contributed by atoms with Crippen LogP contribution in [0.25, 0.3) is 0 Å². The van der Waals surface area contributed by atoms with Gasteiger partial charge in [-0.05, 0) is 28.1 Å². The van der Waals surface area contributed by atoms with Crippen LogP contribution in [0.2, 0.25) is 0 Å². The third-order valence-electron chi connectivity index (χ3n) is 3.97. The Morgan fingerprint density at radius 1 is 1.31 bits per heavy atom. The van der Waals surface area contributed by atoms with Gasteiger partial charge in [0.1, 0.15) is 0 Å². The fraction of sp³-hybridized carbons (Fsp3) is 0.389. The molecule has 1 heterocycles. The molecule has 0 aliphatic carbocycles. The van der Waals surface area contributed by atoms with Gasteiger partial charge in [-0.15, -0.1) is 24.0 Å². The number of nitrogens with zero attached hydrogens (tertiary/aromatic N) is 3. The van der Waals surface area contributed by atoms with Crippen LogP contribution in [0.1, 0.15) is 11.3 Å². The van der Waals surface area contributed by atoms with Gasteiger partial charge in [-0.3, -0.25) is 4.99 Å². The van der Waals surface area contributed by atoms with Crippen LogP contribution in [0.15, 0.2) is 39.9 Å². The summed E-state index contributed by atoms with van der Waals surface area (Å²) >= 11 is 3.51. The van der Waals surface area contributed by atoms with Crippen LogP contribution in [0.4, 0.5) is 0 Å². The summed E-state index contributed by atoms with van der Waals surface area (Å²) in [6, 6.07) is 7.95. The van der Waals surface area contributed by atoms with Crippen molar-refractivity contribution in [3.8, 4) is 11.5 Å². The van der Waals surface area contributed by atoms with Crippen LogP contribution in [-0.2, 0) is 20.1 Å². The van der Waals surface area contributed by atoms with Crippen molar-refractivity contribution in [1.29, 1.82) is 0 Å². The van der Waals surface area contributed by atoms with E-state index >= 15 is 0 Å². The molecule has 0 saturated heterocycles. The van der Waals surface area contributed by atoms with Crippen molar-refractivity contribution < 1.29 is 9.47 Å². The van der Waals surface area contributed by atoms with E-state index in [-0.39, 0.29) is 24.0 Å². The Balaban J connectivity index is 0.00000338. The average molecular weight is 537 g/mol. The molecule has 0 unspecified atom stereocenters. The van der Waals surface area contributed by atoms with Crippen LogP contribution in [0.3, 0.4) is 0 Å². The molecular formula is C18H26BrIN4O2. The monoisotopic (exact) mass is 536 g/mol. The first-order valence-electron chi connectivity index (χ1n) is 7.92. The van der Waals surface area contributed by atoms with E-state index in [1.807, 2.05) is 38.5 Å². The van der Waals surface area contributed by atoms with Gasteiger partial charge in [0, 0.05) is 49.6 Å². The van der Waals surface area contributed by atoms with E-state index in [4.69, 9.17) is 9.47 Å². The third kappa shape index (κ3) is 5.54. The summed E-state index contributed by atoms with van der Waals surface area (Å²) in [5, 5.41) is 3.38. The molecule has 0 spiro atoms. The van der Waals surface area contributed by atoms with Gasteiger partial charge in [0.15, 0.2) is 17.5 Å².